The van der Waals surface area contributed by atoms with Crippen LogP contribution in [-0.2, 0) is 0 Å². The van der Waals surface area contributed by atoms with E-state index >= 15 is 0 Å². The third kappa shape index (κ3) is 3.33. The lowest BCUT2D eigenvalue weighted by Gasteiger charge is -2.26. The van der Waals surface area contributed by atoms with E-state index in [0.29, 0.717) is 17.0 Å². The summed E-state index contributed by atoms with van der Waals surface area (Å²) in [7, 11) is 0. The van der Waals surface area contributed by atoms with Crippen molar-refractivity contribution < 1.29 is 8.78 Å². The average Bonchev–Trinajstić information content (AvgIpc) is 2.89. The molecule has 0 spiro atoms. The largest absolute Gasteiger partial charge is 0.310 e. The molecule has 3 heteroatoms. The Kier molecular flexibility index (Phi) is 4.92. The lowest BCUT2D eigenvalue weighted by atomic mass is 9.90. The van der Waals surface area contributed by atoms with Crippen LogP contribution in [0.15, 0.2) is 12.1 Å². The Hall–Kier alpha value is -0.960. The number of nitrogens with one attached hydrogen (secondary N) is 1. The van der Waals surface area contributed by atoms with Gasteiger partial charge in [0.2, 0.25) is 0 Å². The fraction of sp³-hybridized carbons (Fsp3) is 0.625. The Morgan fingerprint density at radius 3 is 2.53 bits per heavy atom. The molecule has 1 N–H and O–H groups in total. The molecule has 1 aliphatic carbocycles. The number of aryl methyl sites for hydroxylation is 1. The van der Waals surface area contributed by atoms with E-state index in [-0.39, 0.29) is 6.04 Å². The molecule has 2 rings (SSSR count). The summed E-state index contributed by atoms with van der Waals surface area (Å²) in [6.45, 7) is 4.67. The first-order valence-electron chi connectivity index (χ1n) is 7.32. The van der Waals surface area contributed by atoms with Crippen molar-refractivity contribution >= 4 is 0 Å². The predicted molar refractivity (Wildman–Crippen MR) is 74.1 cm³/mol. The minimum absolute atomic E-state index is 0.0294. The molecule has 1 aromatic carbocycles. The Morgan fingerprint density at radius 2 is 1.89 bits per heavy atom. The van der Waals surface area contributed by atoms with Crippen molar-refractivity contribution in [2.75, 3.05) is 6.54 Å². The molecule has 1 aromatic rings. The van der Waals surface area contributed by atoms with E-state index in [2.05, 4.69) is 12.2 Å². The van der Waals surface area contributed by atoms with Crippen molar-refractivity contribution in [1.82, 2.24) is 5.32 Å². The quantitative estimate of drug-likeness (QED) is 0.828. The highest BCUT2D eigenvalue weighted by Crippen LogP contribution is 2.37. The molecule has 1 aliphatic rings. The number of hydrogen-bond donors (Lipinski definition) is 1. The van der Waals surface area contributed by atoms with Crippen molar-refractivity contribution in [3.8, 4) is 0 Å². The van der Waals surface area contributed by atoms with Gasteiger partial charge in [0.25, 0.3) is 0 Å². The maximum atomic E-state index is 14.1. The van der Waals surface area contributed by atoms with Gasteiger partial charge < -0.3 is 5.32 Å². The summed E-state index contributed by atoms with van der Waals surface area (Å²) in [6.07, 6.45) is 5.73. The lowest BCUT2D eigenvalue weighted by molar-refractivity contribution is 0.356. The second kappa shape index (κ2) is 6.47. The highest BCUT2D eigenvalue weighted by atomic mass is 19.1. The van der Waals surface area contributed by atoms with Gasteiger partial charge in [0, 0.05) is 17.7 Å². The van der Waals surface area contributed by atoms with E-state index in [4.69, 9.17) is 0 Å². The summed E-state index contributed by atoms with van der Waals surface area (Å²) in [6, 6.07) is 2.73. The average molecular weight is 267 g/mol. The molecule has 1 unspecified atom stereocenters. The molecule has 1 fully saturated rings. The molecule has 0 amide bonds. The third-order valence-electron chi connectivity index (χ3n) is 4.10. The van der Waals surface area contributed by atoms with Gasteiger partial charge in [-0.25, -0.2) is 8.78 Å². The number of halogens is 2. The molecule has 0 aliphatic heterocycles. The molecule has 0 bridgehead atoms. The highest BCUT2D eigenvalue weighted by molar-refractivity contribution is 5.29. The normalized spacial score (nSPS) is 17.9. The van der Waals surface area contributed by atoms with Crippen molar-refractivity contribution in [2.24, 2.45) is 5.92 Å². The SMILES string of the molecule is CCCNC(c1cc(C)c(F)cc1F)C1CCCC1. The van der Waals surface area contributed by atoms with Gasteiger partial charge in [-0.15, -0.1) is 0 Å². The molecule has 1 atom stereocenters. The van der Waals surface area contributed by atoms with Gasteiger partial charge in [-0.3, -0.25) is 0 Å². The molecule has 0 aromatic heterocycles. The fourth-order valence-electron chi connectivity index (χ4n) is 3.04. The first-order chi connectivity index (χ1) is 9.13. The topological polar surface area (TPSA) is 12.0 Å². The maximum absolute atomic E-state index is 14.1. The van der Waals surface area contributed by atoms with Gasteiger partial charge in [-0.1, -0.05) is 19.8 Å². The Labute approximate surface area is 114 Å². The maximum Gasteiger partial charge on any atom is 0.130 e. The van der Waals surface area contributed by atoms with Gasteiger partial charge in [0.1, 0.15) is 11.6 Å². The van der Waals surface area contributed by atoms with Crippen LogP contribution in [0.3, 0.4) is 0 Å². The number of hydrogen-bond acceptors (Lipinski definition) is 1. The fourth-order valence-corrected chi connectivity index (χ4v) is 3.04. The summed E-state index contributed by atoms with van der Waals surface area (Å²) in [5.74, 6) is -0.392. The zero-order chi connectivity index (χ0) is 13.8. The standard InChI is InChI=1S/C16H23F2N/c1-3-8-19-16(12-6-4-5-7-12)13-9-11(2)14(17)10-15(13)18/h9-10,12,16,19H,3-8H2,1-2H3. The first kappa shape index (κ1) is 14.4. The van der Waals surface area contributed by atoms with Crippen molar-refractivity contribution in [2.45, 2.75) is 52.0 Å². The minimum Gasteiger partial charge on any atom is -0.310 e. The van der Waals surface area contributed by atoms with Crippen molar-refractivity contribution in [1.29, 1.82) is 0 Å². The van der Waals surface area contributed by atoms with Crippen LogP contribution in [0.2, 0.25) is 0 Å². The highest BCUT2D eigenvalue weighted by Gasteiger charge is 2.28. The molecule has 0 saturated heterocycles. The molecule has 19 heavy (non-hydrogen) atoms. The van der Waals surface area contributed by atoms with Gasteiger partial charge in [0.15, 0.2) is 0 Å². The second-order valence-electron chi connectivity index (χ2n) is 5.60. The van der Waals surface area contributed by atoms with E-state index in [1.165, 1.54) is 12.8 Å². The molecule has 0 radical (unpaired) electrons. The van der Waals surface area contributed by atoms with E-state index in [9.17, 15) is 8.78 Å². The monoisotopic (exact) mass is 267 g/mol. The summed E-state index contributed by atoms with van der Waals surface area (Å²) < 4.78 is 27.5. The molecular formula is C16H23F2N. The summed E-state index contributed by atoms with van der Waals surface area (Å²) >= 11 is 0. The molecule has 1 nitrogen and oxygen atoms in total. The second-order valence-corrected chi connectivity index (χ2v) is 5.60. The Morgan fingerprint density at radius 1 is 1.21 bits per heavy atom. The molecular weight excluding hydrogens is 244 g/mol. The van der Waals surface area contributed by atoms with Crippen LogP contribution in [0.25, 0.3) is 0 Å². The first-order valence-corrected chi connectivity index (χ1v) is 7.32. The lowest BCUT2D eigenvalue weighted by Crippen LogP contribution is -2.28. The predicted octanol–water partition coefficient (Wildman–Crippen LogP) is 4.50. The van der Waals surface area contributed by atoms with Crippen LogP contribution in [0.1, 0.15) is 56.2 Å². The van der Waals surface area contributed by atoms with Crippen molar-refractivity contribution in [3.05, 3.63) is 34.9 Å². The van der Waals surface area contributed by atoms with Gasteiger partial charge in [0.05, 0.1) is 0 Å². The van der Waals surface area contributed by atoms with Crippen LogP contribution in [0, 0.1) is 24.5 Å². The van der Waals surface area contributed by atoms with E-state index in [1.807, 2.05) is 0 Å². The summed E-state index contributed by atoms with van der Waals surface area (Å²) in [4.78, 5) is 0. The van der Waals surface area contributed by atoms with E-state index in [1.54, 1.807) is 13.0 Å². The molecule has 1 saturated carbocycles. The van der Waals surface area contributed by atoms with Gasteiger partial charge >= 0.3 is 0 Å². The number of rotatable bonds is 5. The van der Waals surface area contributed by atoms with Crippen LogP contribution in [0.5, 0.6) is 0 Å². The van der Waals surface area contributed by atoms with E-state index in [0.717, 1.165) is 31.9 Å². The van der Waals surface area contributed by atoms with Crippen molar-refractivity contribution in [3.63, 3.8) is 0 Å². The van der Waals surface area contributed by atoms with E-state index < -0.39 is 11.6 Å². The van der Waals surface area contributed by atoms with Crippen LogP contribution < -0.4 is 5.32 Å². The van der Waals surface area contributed by atoms with Gasteiger partial charge in [-0.05, 0) is 50.3 Å². The smallest absolute Gasteiger partial charge is 0.130 e. The molecule has 106 valence electrons. The summed E-state index contributed by atoms with van der Waals surface area (Å²) in [5, 5.41) is 3.45. The minimum atomic E-state index is -0.457. The van der Waals surface area contributed by atoms with Crippen LogP contribution in [-0.4, -0.2) is 6.54 Å². The van der Waals surface area contributed by atoms with Gasteiger partial charge in [-0.2, -0.15) is 0 Å². The Bertz CT molecular complexity index is 425. The zero-order valence-corrected chi connectivity index (χ0v) is 11.8. The van der Waals surface area contributed by atoms with Crippen LogP contribution in [0.4, 0.5) is 8.78 Å². The number of benzene rings is 1. The third-order valence-corrected chi connectivity index (χ3v) is 4.10. The molecule has 0 heterocycles. The Balaban J connectivity index is 2.28. The summed E-state index contributed by atoms with van der Waals surface area (Å²) in [5.41, 5.74) is 1.16. The van der Waals surface area contributed by atoms with Crippen LogP contribution >= 0.6 is 0 Å². The zero-order valence-electron chi connectivity index (χ0n) is 11.8.